The van der Waals surface area contributed by atoms with Gasteiger partial charge in [-0.15, -0.1) is 0 Å². The average molecular weight is 331 g/mol. The molecule has 0 aliphatic carbocycles. The van der Waals surface area contributed by atoms with Gasteiger partial charge in [-0.25, -0.2) is 4.68 Å². The maximum Gasteiger partial charge on any atom is 0.274 e. The summed E-state index contributed by atoms with van der Waals surface area (Å²) in [7, 11) is 1.58. The van der Waals surface area contributed by atoms with Crippen molar-refractivity contribution < 1.29 is 9.53 Å². The zero-order valence-electron chi connectivity index (χ0n) is 14.8. The van der Waals surface area contributed by atoms with E-state index < -0.39 is 0 Å². The van der Waals surface area contributed by atoms with Crippen LogP contribution in [-0.2, 0) is 22.6 Å². The Morgan fingerprint density at radius 3 is 2.54 bits per heavy atom. The zero-order chi connectivity index (χ0) is 17.7. The quantitative estimate of drug-likeness (QED) is 0.880. The molecule has 6 heteroatoms. The third-order valence-corrected chi connectivity index (χ3v) is 3.60. The number of ether oxygens (including phenoxy) is 1. The summed E-state index contributed by atoms with van der Waals surface area (Å²) in [6, 6.07) is 7.33. The van der Waals surface area contributed by atoms with Crippen LogP contribution in [0, 0.1) is 5.41 Å². The Labute approximate surface area is 141 Å². The number of nitrogens with zero attached hydrogens (tertiary/aromatic N) is 2. The van der Waals surface area contributed by atoms with Crippen molar-refractivity contribution in [2.45, 2.75) is 40.3 Å². The normalized spacial score (nSPS) is 11.7. The minimum absolute atomic E-state index is 0.0250. The Bertz CT molecular complexity index is 775. The largest absolute Gasteiger partial charge is 0.383 e. The number of methoxy groups -OCH3 is 1. The van der Waals surface area contributed by atoms with Gasteiger partial charge in [-0.1, -0.05) is 39.0 Å². The highest BCUT2D eigenvalue weighted by Gasteiger charge is 2.17. The Balaban J connectivity index is 2.29. The van der Waals surface area contributed by atoms with Gasteiger partial charge in [0.2, 0.25) is 5.91 Å². The number of fused-ring (bicyclic) bond motifs is 1. The van der Waals surface area contributed by atoms with Crippen LogP contribution in [0.25, 0.3) is 10.8 Å². The number of hydrogen-bond acceptors (Lipinski definition) is 4. The van der Waals surface area contributed by atoms with E-state index in [9.17, 15) is 9.59 Å². The first-order chi connectivity index (χ1) is 11.3. The van der Waals surface area contributed by atoms with Crippen LogP contribution in [0.3, 0.4) is 0 Å². The molecule has 0 saturated heterocycles. The van der Waals surface area contributed by atoms with E-state index in [1.54, 1.807) is 13.2 Å². The fraction of sp³-hybridized carbons (Fsp3) is 0.500. The molecule has 0 aliphatic heterocycles. The third-order valence-electron chi connectivity index (χ3n) is 3.60. The molecule has 0 unspecified atom stereocenters. The molecule has 0 bridgehead atoms. The molecule has 0 saturated carbocycles. The number of rotatable bonds is 6. The van der Waals surface area contributed by atoms with Crippen molar-refractivity contribution in [3.05, 3.63) is 40.3 Å². The van der Waals surface area contributed by atoms with E-state index in [1.807, 2.05) is 39.0 Å². The van der Waals surface area contributed by atoms with E-state index in [0.717, 1.165) is 5.39 Å². The molecule has 6 nitrogen and oxygen atoms in total. The fourth-order valence-corrected chi connectivity index (χ4v) is 2.49. The lowest BCUT2D eigenvalue weighted by Gasteiger charge is -2.17. The predicted molar refractivity (Wildman–Crippen MR) is 93.8 cm³/mol. The minimum atomic E-state index is -0.146. The van der Waals surface area contributed by atoms with E-state index in [2.05, 4.69) is 10.4 Å². The molecule has 0 aliphatic rings. The first kappa shape index (κ1) is 18.1. The second kappa shape index (κ2) is 7.57. The van der Waals surface area contributed by atoms with Crippen molar-refractivity contribution >= 4 is 16.7 Å². The molecule has 130 valence electrons. The van der Waals surface area contributed by atoms with Crippen LogP contribution in [-0.4, -0.2) is 29.4 Å². The van der Waals surface area contributed by atoms with Gasteiger partial charge in [-0.2, -0.15) is 5.10 Å². The number of carbonyl (C=O) groups is 1. The number of carbonyl (C=O) groups excluding carboxylic acids is 1. The van der Waals surface area contributed by atoms with Gasteiger partial charge < -0.3 is 10.1 Å². The number of amides is 1. The third kappa shape index (κ3) is 4.64. The molecule has 0 spiro atoms. The summed E-state index contributed by atoms with van der Waals surface area (Å²) in [5.74, 6) is -0.0250. The molecular weight excluding hydrogens is 306 g/mol. The molecule has 1 aromatic carbocycles. The number of aromatic nitrogens is 2. The molecule has 2 rings (SSSR count). The van der Waals surface area contributed by atoms with Crippen LogP contribution < -0.4 is 10.9 Å². The van der Waals surface area contributed by atoms with Gasteiger partial charge in [-0.05, 0) is 11.5 Å². The van der Waals surface area contributed by atoms with Gasteiger partial charge in [-0.3, -0.25) is 9.59 Å². The van der Waals surface area contributed by atoms with Crippen LogP contribution in [0.4, 0.5) is 0 Å². The van der Waals surface area contributed by atoms with Gasteiger partial charge in [0.05, 0.1) is 30.8 Å². The lowest BCUT2D eigenvalue weighted by molar-refractivity contribution is -0.122. The van der Waals surface area contributed by atoms with Crippen molar-refractivity contribution in [1.82, 2.24) is 15.1 Å². The molecule has 1 heterocycles. The maximum atomic E-state index is 12.5. The lowest BCUT2D eigenvalue weighted by Crippen LogP contribution is -2.31. The standard InChI is InChI=1S/C18H25N3O3/c1-18(2,3)11-16(22)19-12-15-13-7-5-6-8-14(13)17(23)21(20-15)9-10-24-4/h5-8H,9-12H2,1-4H3,(H,19,22). The van der Waals surface area contributed by atoms with E-state index in [0.29, 0.717) is 37.2 Å². The monoisotopic (exact) mass is 331 g/mol. The van der Waals surface area contributed by atoms with Crippen LogP contribution in [0.5, 0.6) is 0 Å². The second-order valence-corrected chi connectivity index (χ2v) is 7.03. The van der Waals surface area contributed by atoms with Crippen molar-refractivity contribution in [3.8, 4) is 0 Å². The summed E-state index contributed by atoms with van der Waals surface area (Å²) >= 11 is 0. The fourth-order valence-electron chi connectivity index (χ4n) is 2.49. The topological polar surface area (TPSA) is 73.2 Å². The van der Waals surface area contributed by atoms with Crippen LogP contribution in [0.1, 0.15) is 32.9 Å². The van der Waals surface area contributed by atoms with Gasteiger partial charge in [0, 0.05) is 18.9 Å². The van der Waals surface area contributed by atoms with Crippen LogP contribution in [0.15, 0.2) is 29.1 Å². The Morgan fingerprint density at radius 2 is 1.92 bits per heavy atom. The molecule has 1 aromatic heterocycles. The molecule has 0 radical (unpaired) electrons. The summed E-state index contributed by atoms with van der Waals surface area (Å²) in [5.41, 5.74) is 0.465. The predicted octanol–water partition coefficient (Wildman–Crippen LogP) is 2.10. The van der Waals surface area contributed by atoms with E-state index in [1.165, 1.54) is 4.68 Å². The summed E-state index contributed by atoms with van der Waals surface area (Å²) in [4.78, 5) is 24.5. The first-order valence-electron chi connectivity index (χ1n) is 8.06. The Hall–Kier alpha value is -2.21. The molecule has 1 N–H and O–H groups in total. The van der Waals surface area contributed by atoms with Crippen molar-refractivity contribution in [3.63, 3.8) is 0 Å². The SMILES string of the molecule is COCCn1nc(CNC(=O)CC(C)(C)C)c2ccccc2c1=O. The smallest absolute Gasteiger partial charge is 0.274 e. The van der Waals surface area contributed by atoms with E-state index in [-0.39, 0.29) is 16.9 Å². The minimum Gasteiger partial charge on any atom is -0.383 e. The van der Waals surface area contributed by atoms with Gasteiger partial charge in [0.1, 0.15) is 0 Å². The van der Waals surface area contributed by atoms with Gasteiger partial charge >= 0.3 is 0 Å². The van der Waals surface area contributed by atoms with Crippen LogP contribution in [0.2, 0.25) is 0 Å². The molecular formula is C18H25N3O3. The van der Waals surface area contributed by atoms with Crippen molar-refractivity contribution in [2.24, 2.45) is 5.41 Å². The summed E-state index contributed by atoms with van der Waals surface area (Å²) in [6.07, 6.45) is 0.439. The highest BCUT2D eigenvalue weighted by atomic mass is 16.5. The highest BCUT2D eigenvalue weighted by Crippen LogP contribution is 2.18. The number of nitrogens with one attached hydrogen (secondary N) is 1. The molecule has 1 amide bonds. The van der Waals surface area contributed by atoms with E-state index >= 15 is 0 Å². The Morgan fingerprint density at radius 1 is 1.25 bits per heavy atom. The number of benzene rings is 1. The Kier molecular flexibility index (Phi) is 5.72. The van der Waals surface area contributed by atoms with Crippen LogP contribution >= 0.6 is 0 Å². The maximum absolute atomic E-state index is 12.5. The van der Waals surface area contributed by atoms with Crippen molar-refractivity contribution in [1.29, 1.82) is 0 Å². The molecule has 24 heavy (non-hydrogen) atoms. The zero-order valence-corrected chi connectivity index (χ0v) is 14.8. The van der Waals surface area contributed by atoms with E-state index in [4.69, 9.17) is 4.74 Å². The lowest BCUT2D eigenvalue weighted by atomic mass is 9.92. The summed E-state index contributed by atoms with van der Waals surface area (Å²) in [6.45, 7) is 7.13. The number of hydrogen-bond donors (Lipinski definition) is 1. The highest BCUT2D eigenvalue weighted by molar-refractivity contribution is 5.84. The molecule has 2 aromatic rings. The molecule has 0 atom stereocenters. The average Bonchev–Trinajstić information content (AvgIpc) is 2.52. The van der Waals surface area contributed by atoms with Gasteiger partial charge in [0.25, 0.3) is 5.56 Å². The first-order valence-corrected chi connectivity index (χ1v) is 8.06. The second-order valence-electron chi connectivity index (χ2n) is 7.03. The molecule has 0 fully saturated rings. The summed E-state index contributed by atoms with van der Waals surface area (Å²) in [5, 5.41) is 8.69. The van der Waals surface area contributed by atoms with Crippen molar-refractivity contribution in [2.75, 3.05) is 13.7 Å². The van der Waals surface area contributed by atoms with Gasteiger partial charge in [0.15, 0.2) is 0 Å². The summed E-state index contributed by atoms with van der Waals surface area (Å²) < 4.78 is 6.44.